The maximum atomic E-state index is 13.1. The quantitative estimate of drug-likeness (QED) is 0.761. The van der Waals surface area contributed by atoms with Crippen molar-refractivity contribution < 1.29 is 9.50 Å². The molecule has 2 rings (SSSR count). The van der Waals surface area contributed by atoms with E-state index < -0.39 is 22.9 Å². The minimum atomic E-state index is -1.37. The second-order valence-corrected chi connectivity index (χ2v) is 3.75. The number of aromatic nitrogens is 4. The maximum absolute atomic E-state index is 13.1. The Morgan fingerprint density at radius 2 is 2.22 bits per heavy atom. The zero-order valence-corrected chi connectivity index (χ0v) is 9.55. The average Bonchev–Trinajstić information content (AvgIpc) is 2.72. The molecule has 0 spiro atoms. The first-order chi connectivity index (χ1) is 8.50. The molecular formula is C10H11FN4O3. The molecule has 0 amide bonds. The van der Waals surface area contributed by atoms with Gasteiger partial charge in [0.2, 0.25) is 11.7 Å². The number of nitrogens with one attached hydrogen (secondary N) is 1. The number of aromatic hydroxyl groups is 1. The Balaban J connectivity index is 2.31. The Hall–Kier alpha value is -2.38. The molecule has 0 saturated carbocycles. The van der Waals surface area contributed by atoms with E-state index in [1.165, 1.54) is 0 Å². The summed E-state index contributed by atoms with van der Waals surface area (Å²) in [5, 5.41) is 9.40. The summed E-state index contributed by atoms with van der Waals surface area (Å²) in [4.78, 5) is 28.1. The average molecular weight is 254 g/mol. The van der Waals surface area contributed by atoms with Gasteiger partial charge >= 0.3 is 5.69 Å². The van der Waals surface area contributed by atoms with Crippen molar-refractivity contribution in [2.24, 2.45) is 7.05 Å². The Bertz CT molecular complexity index is 685. The van der Waals surface area contributed by atoms with E-state index in [4.69, 9.17) is 0 Å². The van der Waals surface area contributed by atoms with Crippen LogP contribution in [0, 0.1) is 5.82 Å². The minimum Gasteiger partial charge on any atom is -0.492 e. The highest BCUT2D eigenvalue weighted by Crippen LogP contribution is 2.08. The van der Waals surface area contributed by atoms with Gasteiger partial charge in [-0.1, -0.05) is 0 Å². The van der Waals surface area contributed by atoms with E-state index in [0.717, 1.165) is 4.57 Å². The molecule has 0 fully saturated rings. The second kappa shape index (κ2) is 4.47. The third-order valence-electron chi connectivity index (χ3n) is 2.60. The van der Waals surface area contributed by atoms with Gasteiger partial charge in [0, 0.05) is 32.4 Å². The summed E-state index contributed by atoms with van der Waals surface area (Å²) >= 11 is 0. The molecule has 2 heterocycles. The van der Waals surface area contributed by atoms with Crippen LogP contribution in [0.15, 0.2) is 22.0 Å². The predicted octanol–water partition coefficient (Wildman–Crippen LogP) is -0.643. The lowest BCUT2D eigenvalue weighted by Crippen LogP contribution is -2.32. The summed E-state index contributed by atoms with van der Waals surface area (Å²) in [6.45, 7) is 0.0171. The minimum absolute atomic E-state index is 0.0171. The van der Waals surface area contributed by atoms with Gasteiger partial charge in [-0.2, -0.15) is 4.39 Å². The molecule has 0 aliphatic carbocycles. The Kier molecular flexibility index (Phi) is 3.00. The molecule has 0 aromatic carbocycles. The zero-order valence-electron chi connectivity index (χ0n) is 9.55. The van der Waals surface area contributed by atoms with Crippen LogP contribution in [0.1, 0.15) is 5.82 Å². The molecule has 0 atom stereocenters. The van der Waals surface area contributed by atoms with Crippen LogP contribution in [0.3, 0.4) is 0 Å². The van der Waals surface area contributed by atoms with Crippen LogP contribution in [-0.2, 0) is 20.0 Å². The fourth-order valence-electron chi connectivity index (χ4n) is 1.59. The zero-order chi connectivity index (χ0) is 13.3. The molecule has 96 valence electrons. The van der Waals surface area contributed by atoms with E-state index in [1.54, 1.807) is 29.0 Å². The smallest absolute Gasteiger partial charge is 0.331 e. The summed E-state index contributed by atoms with van der Waals surface area (Å²) < 4.78 is 15.6. The first kappa shape index (κ1) is 12.1. The van der Waals surface area contributed by atoms with Gasteiger partial charge in [-0.25, -0.2) is 9.78 Å². The van der Waals surface area contributed by atoms with Gasteiger partial charge < -0.3 is 9.67 Å². The highest BCUT2D eigenvalue weighted by Gasteiger charge is 2.13. The Morgan fingerprint density at radius 3 is 2.83 bits per heavy atom. The number of aromatic amines is 1. The normalized spacial score (nSPS) is 10.8. The molecule has 2 aromatic rings. The van der Waals surface area contributed by atoms with Crippen LogP contribution in [0.25, 0.3) is 0 Å². The number of hydrogen-bond donors (Lipinski definition) is 2. The lowest BCUT2D eigenvalue weighted by Gasteiger charge is -2.07. The first-order valence-corrected chi connectivity index (χ1v) is 5.18. The third-order valence-corrected chi connectivity index (χ3v) is 2.60. The number of hydrogen-bond acceptors (Lipinski definition) is 4. The number of H-pyrrole nitrogens is 1. The van der Waals surface area contributed by atoms with Crippen LogP contribution in [0.4, 0.5) is 4.39 Å². The molecule has 18 heavy (non-hydrogen) atoms. The largest absolute Gasteiger partial charge is 0.492 e. The van der Waals surface area contributed by atoms with Gasteiger partial charge in [0.1, 0.15) is 5.82 Å². The van der Waals surface area contributed by atoms with Crippen LogP contribution in [-0.4, -0.2) is 24.2 Å². The number of halogens is 1. The predicted molar refractivity (Wildman–Crippen MR) is 59.9 cm³/mol. The maximum Gasteiger partial charge on any atom is 0.331 e. The van der Waals surface area contributed by atoms with E-state index >= 15 is 0 Å². The van der Waals surface area contributed by atoms with E-state index in [9.17, 15) is 19.1 Å². The van der Waals surface area contributed by atoms with Gasteiger partial charge in [0.05, 0.1) is 0 Å². The molecular weight excluding hydrogens is 243 g/mol. The summed E-state index contributed by atoms with van der Waals surface area (Å²) in [6.07, 6.45) is 3.64. The van der Waals surface area contributed by atoms with Gasteiger partial charge in [0.15, 0.2) is 0 Å². The molecule has 0 aliphatic rings. The molecule has 0 aliphatic heterocycles. The summed E-state index contributed by atoms with van der Waals surface area (Å²) in [7, 11) is 1.78. The lowest BCUT2D eigenvalue weighted by atomic mass is 10.4. The van der Waals surface area contributed by atoms with Gasteiger partial charge in [0.25, 0.3) is 5.56 Å². The van der Waals surface area contributed by atoms with Crippen LogP contribution in [0.5, 0.6) is 5.88 Å². The molecule has 0 bridgehead atoms. The summed E-state index contributed by atoms with van der Waals surface area (Å²) in [6, 6.07) is 0. The Morgan fingerprint density at radius 1 is 1.50 bits per heavy atom. The summed E-state index contributed by atoms with van der Waals surface area (Å²) in [5.74, 6) is -1.65. The fraction of sp³-hybridized carbons (Fsp3) is 0.300. The summed E-state index contributed by atoms with van der Waals surface area (Å²) in [5.41, 5.74) is -2.08. The monoisotopic (exact) mass is 254 g/mol. The van der Waals surface area contributed by atoms with Crippen molar-refractivity contribution in [3.05, 3.63) is 44.9 Å². The van der Waals surface area contributed by atoms with Gasteiger partial charge in [-0.05, 0) is 0 Å². The van der Waals surface area contributed by atoms with Crippen LogP contribution in [0.2, 0.25) is 0 Å². The topological polar surface area (TPSA) is 92.9 Å². The molecule has 2 aromatic heterocycles. The van der Waals surface area contributed by atoms with Crippen molar-refractivity contribution in [1.82, 2.24) is 19.1 Å². The molecule has 8 heteroatoms. The number of imidazole rings is 1. The lowest BCUT2D eigenvalue weighted by molar-refractivity contribution is 0.359. The van der Waals surface area contributed by atoms with Crippen molar-refractivity contribution in [3.63, 3.8) is 0 Å². The number of rotatable bonds is 3. The Labute approximate surface area is 100 Å². The van der Waals surface area contributed by atoms with Gasteiger partial charge in [-0.3, -0.25) is 14.3 Å². The van der Waals surface area contributed by atoms with E-state index in [-0.39, 0.29) is 6.54 Å². The first-order valence-electron chi connectivity index (χ1n) is 5.18. The second-order valence-electron chi connectivity index (χ2n) is 3.75. The number of nitrogens with zero attached hydrogens (tertiary/aromatic N) is 3. The van der Waals surface area contributed by atoms with Crippen molar-refractivity contribution in [2.75, 3.05) is 0 Å². The van der Waals surface area contributed by atoms with Crippen LogP contribution >= 0.6 is 0 Å². The fourth-order valence-corrected chi connectivity index (χ4v) is 1.59. The molecule has 0 saturated heterocycles. The van der Waals surface area contributed by atoms with E-state index in [1.807, 2.05) is 0 Å². The highest BCUT2D eigenvalue weighted by atomic mass is 19.1. The van der Waals surface area contributed by atoms with Crippen molar-refractivity contribution in [2.45, 2.75) is 13.0 Å². The van der Waals surface area contributed by atoms with Crippen molar-refractivity contribution in [1.29, 1.82) is 0 Å². The standard InChI is InChI=1S/C10H11FN4O3/c1-14-5-3-12-6(14)2-4-15-9(17)7(11)8(16)13-10(15)18/h3,5,17H,2,4H2,1H3,(H,13,16,18). The van der Waals surface area contributed by atoms with Crippen molar-refractivity contribution in [3.8, 4) is 5.88 Å². The SMILES string of the molecule is Cn1ccnc1CCn1c(O)c(F)c(=O)[nH]c1=O. The highest BCUT2D eigenvalue weighted by molar-refractivity contribution is 5.09. The molecule has 0 unspecified atom stereocenters. The van der Waals surface area contributed by atoms with Crippen molar-refractivity contribution >= 4 is 0 Å². The molecule has 2 N–H and O–H groups in total. The molecule has 0 radical (unpaired) electrons. The third kappa shape index (κ3) is 2.04. The van der Waals surface area contributed by atoms with Crippen LogP contribution < -0.4 is 11.2 Å². The number of aryl methyl sites for hydroxylation is 2. The van der Waals surface area contributed by atoms with Gasteiger partial charge in [-0.15, -0.1) is 0 Å². The van der Waals surface area contributed by atoms with E-state index in [0.29, 0.717) is 12.2 Å². The van der Waals surface area contributed by atoms with E-state index in [2.05, 4.69) is 4.98 Å². The molecule has 7 nitrogen and oxygen atoms in total.